The summed E-state index contributed by atoms with van der Waals surface area (Å²) < 4.78 is 0. The molecule has 0 aromatic heterocycles. The predicted octanol–water partition coefficient (Wildman–Crippen LogP) is 1.08. The number of rotatable bonds is 3. The Morgan fingerprint density at radius 3 is 2.30 bits per heavy atom. The average Bonchev–Trinajstić information content (AvgIpc) is 1.87. The Kier molecular flexibility index (Phi) is 4.52. The van der Waals surface area contributed by atoms with E-state index in [0.717, 1.165) is 0 Å². The van der Waals surface area contributed by atoms with Crippen LogP contribution in [0.5, 0.6) is 0 Å². The van der Waals surface area contributed by atoms with Crippen molar-refractivity contribution in [2.75, 3.05) is 5.75 Å². The Morgan fingerprint density at radius 2 is 2.00 bits per heavy atom. The van der Waals surface area contributed by atoms with Crippen LogP contribution in [-0.2, 0) is 4.79 Å². The Labute approximate surface area is 67.8 Å². The van der Waals surface area contributed by atoms with Crippen molar-refractivity contribution in [2.45, 2.75) is 26.8 Å². The molecule has 0 fully saturated rings. The molecule has 60 valence electrons. The minimum absolute atomic E-state index is 0.00420. The summed E-state index contributed by atoms with van der Waals surface area (Å²) >= 11 is 3.85. The van der Waals surface area contributed by atoms with Crippen LogP contribution >= 0.6 is 12.6 Å². The van der Waals surface area contributed by atoms with Crippen LogP contribution in [-0.4, -0.2) is 17.7 Å². The lowest BCUT2D eigenvalue weighted by atomic mass is 10.1. The van der Waals surface area contributed by atoms with Gasteiger partial charge in [0.2, 0.25) is 5.91 Å². The number of nitrogens with one attached hydrogen (secondary N) is 1. The van der Waals surface area contributed by atoms with Gasteiger partial charge in [-0.25, -0.2) is 0 Å². The highest BCUT2D eigenvalue weighted by atomic mass is 32.1. The Hall–Kier alpha value is -0.180. The zero-order valence-electron chi connectivity index (χ0n) is 6.72. The van der Waals surface area contributed by atoms with E-state index in [0.29, 0.717) is 5.92 Å². The molecule has 0 aliphatic rings. The zero-order valence-corrected chi connectivity index (χ0v) is 7.61. The maximum Gasteiger partial charge on any atom is 0.229 e. The summed E-state index contributed by atoms with van der Waals surface area (Å²) in [4.78, 5) is 10.7. The largest absolute Gasteiger partial charge is 0.353 e. The van der Waals surface area contributed by atoms with Gasteiger partial charge in [-0.2, -0.15) is 12.6 Å². The molecular formula is C7H15NOS. The zero-order chi connectivity index (χ0) is 8.15. The van der Waals surface area contributed by atoms with Crippen molar-refractivity contribution >= 4 is 18.5 Å². The molecule has 0 aliphatic carbocycles. The van der Waals surface area contributed by atoms with Crippen molar-refractivity contribution in [3.63, 3.8) is 0 Å². The van der Waals surface area contributed by atoms with Crippen LogP contribution in [0.25, 0.3) is 0 Å². The number of carbonyl (C=O) groups is 1. The SMILES string of the molecule is CC(C)C(C)NC(=O)CS. The van der Waals surface area contributed by atoms with Gasteiger partial charge >= 0.3 is 0 Å². The Bertz CT molecular complexity index is 114. The molecule has 10 heavy (non-hydrogen) atoms. The van der Waals surface area contributed by atoms with Crippen LogP contribution in [0, 0.1) is 5.92 Å². The quantitative estimate of drug-likeness (QED) is 0.596. The van der Waals surface area contributed by atoms with E-state index in [9.17, 15) is 4.79 Å². The fourth-order valence-corrected chi connectivity index (χ4v) is 0.558. The third kappa shape index (κ3) is 3.77. The first kappa shape index (κ1) is 9.82. The van der Waals surface area contributed by atoms with E-state index in [1.54, 1.807) is 0 Å². The molecule has 1 amide bonds. The van der Waals surface area contributed by atoms with Crippen molar-refractivity contribution < 1.29 is 4.79 Å². The van der Waals surface area contributed by atoms with Gasteiger partial charge in [-0.1, -0.05) is 13.8 Å². The van der Waals surface area contributed by atoms with E-state index < -0.39 is 0 Å². The topological polar surface area (TPSA) is 29.1 Å². The molecular weight excluding hydrogens is 146 g/mol. The second kappa shape index (κ2) is 4.61. The molecule has 1 unspecified atom stereocenters. The molecule has 0 aromatic carbocycles. The van der Waals surface area contributed by atoms with E-state index in [2.05, 4.69) is 31.8 Å². The van der Waals surface area contributed by atoms with Crippen molar-refractivity contribution in [3.8, 4) is 0 Å². The van der Waals surface area contributed by atoms with Crippen LogP contribution in [0.4, 0.5) is 0 Å². The van der Waals surface area contributed by atoms with Gasteiger partial charge in [0.25, 0.3) is 0 Å². The van der Waals surface area contributed by atoms with Crippen LogP contribution < -0.4 is 5.32 Å². The molecule has 0 aliphatic heterocycles. The summed E-state index contributed by atoms with van der Waals surface area (Å²) in [5.41, 5.74) is 0. The summed E-state index contributed by atoms with van der Waals surface area (Å²) in [6.07, 6.45) is 0. The fraction of sp³-hybridized carbons (Fsp3) is 0.857. The third-order valence-corrected chi connectivity index (χ3v) is 1.82. The molecule has 1 N–H and O–H groups in total. The number of hydrogen-bond donors (Lipinski definition) is 2. The highest BCUT2D eigenvalue weighted by Crippen LogP contribution is 1.98. The number of thiol groups is 1. The summed E-state index contributed by atoms with van der Waals surface area (Å²) in [7, 11) is 0. The van der Waals surface area contributed by atoms with Crippen LogP contribution in [0.1, 0.15) is 20.8 Å². The maximum absolute atomic E-state index is 10.7. The highest BCUT2D eigenvalue weighted by molar-refractivity contribution is 7.81. The molecule has 0 aromatic rings. The molecule has 0 heterocycles. The normalized spacial score (nSPS) is 13.3. The second-order valence-electron chi connectivity index (χ2n) is 2.76. The standard InChI is InChI=1S/C7H15NOS/c1-5(2)6(3)8-7(9)4-10/h5-6,10H,4H2,1-3H3,(H,8,9). The molecule has 1 atom stereocenters. The van der Waals surface area contributed by atoms with Gasteiger partial charge in [0.15, 0.2) is 0 Å². The van der Waals surface area contributed by atoms with Gasteiger partial charge < -0.3 is 5.32 Å². The Balaban J connectivity index is 3.57. The first-order valence-corrected chi connectivity index (χ1v) is 4.11. The molecule has 0 bridgehead atoms. The summed E-state index contributed by atoms with van der Waals surface area (Å²) in [6.45, 7) is 6.14. The predicted molar refractivity (Wildman–Crippen MR) is 46.3 cm³/mol. The van der Waals surface area contributed by atoms with Gasteiger partial charge in [-0.3, -0.25) is 4.79 Å². The fourth-order valence-electron chi connectivity index (χ4n) is 0.466. The molecule has 0 rings (SSSR count). The maximum atomic E-state index is 10.7. The second-order valence-corrected chi connectivity index (χ2v) is 3.07. The van der Waals surface area contributed by atoms with E-state index in [4.69, 9.17) is 0 Å². The van der Waals surface area contributed by atoms with Gasteiger partial charge in [0.05, 0.1) is 5.75 Å². The monoisotopic (exact) mass is 161 g/mol. The lowest BCUT2D eigenvalue weighted by Gasteiger charge is -2.16. The molecule has 2 nitrogen and oxygen atoms in total. The van der Waals surface area contributed by atoms with Crippen LogP contribution in [0.2, 0.25) is 0 Å². The van der Waals surface area contributed by atoms with Crippen molar-refractivity contribution in [1.82, 2.24) is 5.32 Å². The number of carbonyl (C=O) groups excluding carboxylic acids is 1. The smallest absolute Gasteiger partial charge is 0.229 e. The third-order valence-electron chi connectivity index (χ3n) is 1.53. The van der Waals surface area contributed by atoms with Crippen molar-refractivity contribution in [3.05, 3.63) is 0 Å². The first-order valence-electron chi connectivity index (χ1n) is 3.48. The van der Waals surface area contributed by atoms with E-state index in [1.165, 1.54) is 0 Å². The van der Waals surface area contributed by atoms with Crippen molar-refractivity contribution in [2.24, 2.45) is 5.92 Å². The van der Waals surface area contributed by atoms with Crippen LogP contribution in [0.3, 0.4) is 0 Å². The molecule has 0 saturated heterocycles. The minimum atomic E-state index is 0.00420. The Morgan fingerprint density at radius 1 is 1.50 bits per heavy atom. The van der Waals surface area contributed by atoms with E-state index >= 15 is 0 Å². The summed E-state index contributed by atoms with van der Waals surface area (Å²) in [5, 5.41) is 2.81. The van der Waals surface area contributed by atoms with Gasteiger partial charge in [-0.05, 0) is 12.8 Å². The van der Waals surface area contributed by atoms with Crippen LogP contribution in [0.15, 0.2) is 0 Å². The highest BCUT2D eigenvalue weighted by Gasteiger charge is 2.08. The molecule has 0 radical (unpaired) electrons. The summed E-state index contributed by atoms with van der Waals surface area (Å²) in [6, 6.07) is 0.250. The summed E-state index contributed by atoms with van der Waals surface area (Å²) in [5.74, 6) is 0.769. The van der Waals surface area contributed by atoms with Crippen molar-refractivity contribution in [1.29, 1.82) is 0 Å². The van der Waals surface area contributed by atoms with Gasteiger partial charge in [0.1, 0.15) is 0 Å². The van der Waals surface area contributed by atoms with E-state index in [-0.39, 0.29) is 17.7 Å². The molecule has 3 heteroatoms. The lowest BCUT2D eigenvalue weighted by molar-refractivity contribution is -0.119. The average molecular weight is 161 g/mol. The van der Waals surface area contributed by atoms with E-state index in [1.807, 2.05) is 6.92 Å². The van der Waals surface area contributed by atoms with Gasteiger partial charge in [-0.15, -0.1) is 0 Å². The first-order chi connectivity index (χ1) is 4.57. The number of amides is 1. The molecule has 0 saturated carbocycles. The van der Waals surface area contributed by atoms with Gasteiger partial charge in [0, 0.05) is 6.04 Å². The number of hydrogen-bond acceptors (Lipinski definition) is 2. The minimum Gasteiger partial charge on any atom is -0.353 e. The lowest BCUT2D eigenvalue weighted by Crippen LogP contribution is -2.36. The molecule has 0 spiro atoms.